The zero-order chi connectivity index (χ0) is 29.6. The minimum atomic E-state index is -6.87. The van der Waals surface area contributed by atoms with Gasteiger partial charge in [-0.15, -0.1) is 0 Å². The van der Waals surface area contributed by atoms with E-state index in [1.807, 2.05) is 0 Å². The topological polar surface area (TPSA) is 41.5 Å². The predicted molar refractivity (Wildman–Crippen MR) is 102 cm³/mol. The monoisotopic (exact) mass is 581 g/mol. The Kier molecular flexibility index (Phi) is 8.23. The highest BCUT2D eigenvalue weighted by atomic mass is 19.4. The summed E-state index contributed by atoms with van der Waals surface area (Å²) in [7, 11) is 0. The Bertz CT molecular complexity index is 1060. The molecular weight excluding hydrogens is 564 g/mol. The molecule has 0 spiro atoms. The first kappa shape index (κ1) is 31.7. The number of halogens is 14. The number of nitrogens with one attached hydrogen (secondary N) is 1. The number of rotatable bonds is 9. The van der Waals surface area contributed by atoms with Crippen LogP contribution in [0.1, 0.15) is 18.9 Å². The SMILES string of the molecule is CC(O)(NCC1=CC=CC(c2cccc(OC(F)(F)C(F)F)c2)(C(F)(F)C(F)(F)C(F)(F)F)C1)C(F)(F)F. The molecule has 2 rings (SSSR count). The first-order valence-electron chi connectivity index (χ1n) is 10.1. The molecule has 0 saturated carbocycles. The number of alkyl halides is 14. The quantitative estimate of drug-likeness (QED) is 0.251. The summed E-state index contributed by atoms with van der Waals surface area (Å²) in [5.74, 6) is -14.2. The van der Waals surface area contributed by atoms with E-state index >= 15 is 8.78 Å². The Morgan fingerprint density at radius 2 is 1.53 bits per heavy atom. The Labute approximate surface area is 204 Å². The van der Waals surface area contributed by atoms with E-state index in [0.29, 0.717) is 24.3 Å². The van der Waals surface area contributed by atoms with E-state index in [0.717, 1.165) is 6.08 Å². The third-order valence-electron chi connectivity index (χ3n) is 5.60. The van der Waals surface area contributed by atoms with Gasteiger partial charge in [0.05, 0.1) is 5.41 Å². The molecule has 1 aliphatic carbocycles. The van der Waals surface area contributed by atoms with Crippen molar-refractivity contribution in [2.24, 2.45) is 0 Å². The van der Waals surface area contributed by atoms with Crippen molar-refractivity contribution in [2.45, 2.75) is 61.2 Å². The van der Waals surface area contributed by atoms with Gasteiger partial charge in [-0.25, -0.2) is 0 Å². The summed E-state index contributed by atoms with van der Waals surface area (Å²) in [5.41, 5.74) is -9.33. The van der Waals surface area contributed by atoms with Gasteiger partial charge in [-0.1, -0.05) is 35.9 Å². The fourth-order valence-corrected chi connectivity index (χ4v) is 3.42. The standard InChI is InChI=1S/C21H17F14NO2/c1-15(37,20(30,31)32)36-10-11-4-3-7-16(9-11,18(26,27)19(28,29)21(33,34)35)12-5-2-6-13(8-12)38-17(24,25)14(22)23/h2-8,14,36-37H,9-10H2,1H3. The third kappa shape index (κ3) is 5.72. The van der Waals surface area contributed by atoms with Gasteiger partial charge in [-0.3, -0.25) is 5.32 Å². The molecule has 2 N–H and O–H groups in total. The molecule has 3 nitrogen and oxygen atoms in total. The van der Waals surface area contributed by atoms with Gasteiger partial charge in [0.2, 0.25) is 5.72 Å². The first-order chi connectivity index (χ1) is 16.9. The Morgan fingerprint density at radius 1 is 0.947 bits per heavy atom. The van der Waals surface area contributed by atoms with Crippen molar-refractivity contribution in [3.63, 3.8) is 0 Å². The number of hydrogen-bond donors (Lipinski definition) is 2. The van der Waals surface area contributed by atoms with Gasteiger partial charge in [0.1, 0.15) is 5.75 Å². The maximum atomic E-state index is 15.3. The normalized spacial score (nSPS) is 21.3. The number of benzene rings is 1. The van der Waals surface area contributed by atoms with Crippen molar-refractivity contribution in [3.8, 4) is 5.75 Å². The van der Waals surface area contributed by atoms with E-state index in [1.54, 1.807) is 0 Å². The molecule has 0 aliphatic heterocycles. The molecule has 38 heavy (non-hydrogen) atoms. The molecule has 1 aromatic rings. The van der Waals surface area contributed by atoms with E-state index in [9.17, 15) is 57.8 Å². The highest BCUT2D eigenvalue weighted by Gasteiger charge is 2.79. The van der Waals surface area contributed by atoms with Gasteiger partial charge >= 0.3 is 36.7 Å². The van der Waals surface area contributed by atoms with Gasteiger partial charge in [0.25, 0.3) is 0 Å². The van der Waals surface area contributed by atoms with Crippen molar-refractivity contribution in [2.75, 3.05) is 6.54 Å². The van der Waals surface area contributed by atoms with E-state index in [2.05, 4.69) is 4.74 Å². The highest BCUT2D eigenvalue weighted by molar-refractivity contribution is 5.45. The second-order valence-electron chi connectivity index (χ2n) is 8.39. The van der Waals surface area contributed by atoms with Gasteiger partial charge in [-0.2, -0.15) is 61.5 Å². The van der Waals surface area contributed by atoms with E-state index in [-0.39, 0.29) is 19.1 Å². The maximum Gasteiger partial charge on any atom is 0.461 e. The molecule has 0 amide bonds. The average molecular weight is 581 g/mol. The van der Waals surface area contributed by atoms with Crippen LogP contribution in [0, 0.1) is 0 Å². The first-order valence-corrected chi connectivity index (χ1v) is 10.1. The maximum absolute atomic E-state index is 15.3. The molecule has 0 fully saturated rings. The Morgan fingerprint density at radius 3 is 2.03 bits per heavy atom. The van der Waals surface area contributed by atoms with Crippen molar-refractivity contribution >= 4 is 0 Å². The molecule has 0 saturated heterocycles. The van der Waals surface area contributed by atoms with Gasteiger partial charge in [0, 0.05) is 6.54 Å². The van der Waals surface area contributed by atoms with Gasteiger partial charge in [0.15, 0.2) is 0 Å². The van der Waals surface area contributed by atoms with E-state index in [1.165, 1.54) is 5.32 Å². The summed E-state index contributed by atoms with van der Waals surface area (Å²) in [5, 5.41) is 11.0. The highest BCUT2D eigenvalue weighted by Crippen LogP contribution is 2.58. The van der Waals surface area contributed by atoms with Crippen molar-refractivity contribution in [1.82, 2.24) is 5.32 Å². The summed E-state index contributed by atoms with van der Waals surface area (Å²) in [6, 6.07) is 1.65. The third-order valence-corrected chi connectivity index (χ3v) is 5.60. The van der Waals surface area contributed by atoms with Crippen LogP contribution in [0.5, 0.6) is 5.75 Å². The summed E-state index contributed by atoms with van der Waals surface area (Å²) in [6.45, 7) is -0.957. The van der Waals surface area contributed by atoms with Crippen LogP contribution in [0.4, 0.5) is 61.5 Å². The van der Waals surface area contributed by atoms with Crippen molar-refractivity contribution in [1.29, 1.82) is 0 Å². The zero-order valence-corrected chi connectivity index (χ0v) is 18.7. The molecule has 1 aliphatic rings. The fourth-order valence-electron chi connectivity index (χ4n) is 3.42. The molecule has 17 heteroatoms. The largest absolute Gasteiger partial charge is 0.461 e. The number of hydrogen-bond acceptors (Lipinski definition) is 3. The molecule has 216 valence electrons. The molecular formula is C21H17F14NO2. The summed E-state index contributed by atoms with van der Waals surface area (Å²) >= 11 is 0. The molecule has 0 aromatic heterocycles. The molecule has 0 bridgehead atoms. The van der Waals surface area contributed by atoms with Crippen LogP contribution in [0.3, 0.4) is 0 Å². The minimum absolute atomic E-state index is 0.100. The van der Waals surface area contributed by atoms with Crippen LogP contribution in [0.15, 0.2) is 48.1 Å². The fraction of sp³-hybridized carbons (Fsp3) is 0.524. The van der Waals surface area contributed by atoms with Crippen molar-refractivity contribution in [3.05, 3.63) is 53.6 Å². The Balaban J connectivity index is 2.65. The summed E-state index contributed by atoms with van der Waals surface area (Å²) < 4.78 is 192. The number of ether oxygens (including phenoxy) is 1. The molecule has 1 aromatic carbocycles. The lowest BCUT2D eigenvalue weighted by Gasteiger charge is -2.44. The van der Waals surface area contributed by atoms with Gasteiger partial charge in [-0.05, 0) is 31.0 Å². The summed E-state index contributed by atoms with van der Waals surface area (Å²) in [4.78, 5) is 0. The molecule has 2 unspecified atom stereocenters. The summed E-state index contributed by atoms with van der Waals surface area (Å²) in [6.07, 6.45) is -22.0. The second-order valence-corrected chi connectivity index (χ2v) is 8.39. The molecule has 2 atom stereocenters. The number of allylic oxidation sites excluding steroid dienone is 3. The molecule has 0 heterocycles. The number of aliphatic hydroxyl groups is 1. The van der Waals surface area contributed by atoms with Gasteiger partial charge < -0.3 is 9.84 Å². The van der Waals surface area contributed by atoms with Crippen LogP contribution < -0.4 is 10.1 Å². The van der Waals surface area contributed by atoms with Crippen LogP contribution in [-0.2, 0) is 5.41 Å². The zero-order valence-electron chi connectivity index (χ0n) is 18.7. The second kappa shape index (κ2) is 9.88. The average Bonchev–Trinajstić information content (AvgIpc) is 2.76. The van der Waals surface area contributed by atoms with E-state index < -0.39 is 77.7 Å². The molecule has 0 radical (unpaired) electrons. The lowest BCUT2D eigenvalue weighted by atomic mass is 9.66. The van der Waals surface area contributed by atoms with Crippen LogP contribution in [-0.4, -0.2) is 54.1 Å². The lowest BCUT2D eigenvalue weighted by Crippen LogP contribution is -2.62. The lowest BCUT2D eigenvalue weighted by molar-refractivity contribution is -0.366. The van der Waals surface area contributed by atoms with Crippen LogP contribution in [0.2, 0.25) is 0 Å². The smallest absolute Gasteiger partial charge is 0.428 e. The van der Waals surface area contributed by atoms with Crippen LogP contribution >= 0.6 is 0 Å². The predicted octanol–water partition coefficient (Wildman–Crippen LogP) is 6.74. The Hall–Kier alpha value is -2.56. The van der Waals surface area contributed by atoms with Crippen molar-refractivity contribution < 1.29 is 71.3 Å². The van der Waals surface area contributed by atoms with Crippen LogP contribution in [0.25, 0.3) is 0 Å². The van der Waals surface area contributed by atoms with E-state index in [4.69, 9.17) is 0 Å². The minimum Gasteiger partial charge on any atom is -0.428 e.